The lowest BCUT2D eigenvalue weighted by molar-refractivity contribution is -0.127. The van der Waals surface area contributed by atoms with Crippen molar-refractivity contribution in [1.82, 2.24) is 0 Å². The summed E-state index contributed by atoms with van der Waals surface area (Å²) in [5.41, 5.74) is 1.65. The third-order valence-electron chi connectivity index (χ3n) is 4.99. The van der Waals surface area contributed by atoms with Crippen molar-refractivity contribution in [3.8, 4) is 11.5 Å². The normalized spacial score (nSPS) is 15.9. The molecule has 0 spiro atoms. The van der Waals surface area contributed by atoms with Gasteiger partial charge in [-0.1, -0.05) is 0 Å². The largest absolute Gasteiger partial charge is 0.496 e. The van der Waals surface area contributed by atoms with Crippen LogP contribution >= 0.6 is 0 Å². The van der Waals surface area contributed by atoms with E-state index < -0.39 is 15.4 Å². The summed E-state index contributed by atoms with van der Waals surface area (Å²) in [5.74, 6) is 1.09. The van der Waals surface area contributed by atoms with Crippen molar-refractivity contribution in [2.24, 2.45) is 5.41 Å². The Morgan fingerprint density at radius 3 is 2.34 bits per heavy atom. The topological polar surface area (TPSA) is 84.9 Å². The van der Waals surface area contributed by atoms with Crippen LogP contribution < -0.4 is 19.1 Å². The summed E-state index contributed by atoms with van der Waals surface area (Å²) in [5, 5.41) is 0. The molecule has 0 saturated heterocycles. The van der Waals surface area contributed by atoms with Gasteiger partial charge >= 0.3 is 0 Å². The molecular weight excluding hydrogens is 392 g/mol. The Morgan fingerprint density at radius 2 is 1.76 bits per heavy atom. The van der Waals surface area contributed by atoms with Crippen LogP contribution in [0.1, 0.15) is 25.0 Å². The van der Waals surface area contributed by atoms with Crippen molar-refractivity contribution < 1.29 is 22.7 Å². The van der Waals surface area contributed by atoms with Gasteiger partial charge < -0.3 is 14.4 Å². The zero-order chi connectivity index (χ0) is 21.6. The number of anilines is 2. The van der Waals surface area contributed by atoms with E-state index in [2.05, 4.69) is 4.72 Å². The van der Waals surface area contributed by atoms with E-state index in [1.165, 1.54) is 4.90 Å². The van der Waals surface area contributed by atoms with Gasteiger partial charge in [0, 0.05) is 7.05 Å². The van der Waals surface area contributed by atoms with Crippen LogP contribution in [0.25, 0.3) is 0 Å². The lowest BCUT2D eigenvalue weighted by Crippen LogP contribution is -2.39. The fourth-order valence-corrected chi connectivity index (χ4v) is 4.67. The van der Waals surface area contributed by atoms with Crippen molar-refractivity contribution in [1.29, 1.82) is 0 Å². The van der Waals surface area contributed by atoms with Crippen LogP contribution in [-0.2, 0) is 14.8 Å². The molecule has 0 aromatic heterocycles. The molecule has 0 unspecified atom stereocenters. The van der Waals surface area contributed by atoms with E-state index in [4.69, 9.17) is 9.47 Å². The predicted molar refractivity (Wildman–Crippen MR) is 112 cm³/mol. The molecular formula is C21H26N2O5S. The molecule has 2 aromatic rings. The quantitative estimate of drug-likeness (QED) is 0.822. The number of fused-ring (bicyclic) bond motifs is 1. The van der Waals surface area contributed by atoms with Crippen LogP contribution in [0.3, 0.4) is 0 Å². The van der Waals surface area contributed by atoms with Crippen molar-refractivity contribution in [2.75, 3.05) is 30.4 Å². The summed E-state index contributed by atoms with van der Waals surface area (Å²) in [6, 6.07) is 8.03. The number of rotatable bonds is 4. The molecule has 1 aliphatic rings. The highest BCUT2D eigenvalue weighted by Crippen LogP contribution is 2.38. The molecule has 7 nitrogen and oxygen atoms in total. The third kappa shape index (κ3) is 3.89. The highest BCUT2D eigenvalue weighted by atomic mass is 32.2. The molecule has 0 fully saturated rings. The number of carbonyl (C=O) groups excluding carboxylic acids is 1. The van der Waals surface area contributed by atoms with E-state index >= 15 is 0 Å². The second-order valence-electron chi connectivity index (χ2n) is 7.92. The first-order valence-corrected chi connectivity index (χ1v) is 10.7. The van der Waals surface area contributed by atoms with Gasteiger partial charge in [-0.15, -0.1) is 0 Å². The molecule has 1 aliphatic heterocycles. The van der Waals surface area contributed by atoms with Crippen molar-refractivity contribution in [3.63, 3.8) is 0 Å². The lowest BCUT2D eigenvalue weighted by Gasteiger charge is -2.24. The minimum atomic E-state index is -3.82. The van der Waals surface area contributed by atoms with Gasteiger partial charge in [-0.2, -0.15) is 0 Å². The Balaban J connectivity index is 1.96. The van der Waals surface area contributed by atoms with Crippen molar-refractivity contribution in [3.05, 3.63) is 41.5 Å². The number of benzene rings is 2. The van der Waals surface area contributed by atoms with Crippen LogP contribution in [-0.4, -0.2) is 35.1 Å². The van der Waals surface area contributed by atoms with E-state index in [-0.39, 0.29) is 17.4 Å². The lowest BCUT2D eigenvalue weighted by atomic mass is 9.93. The van der Waals surface area contributed by atoms with Crippen LogP contribution in [0.15, 0.2) is 35.2 Å². The van der Waals surface area contributed by atoms with Gasteiger partial charge in [0.1, 0.15) is 18.1 Å². The summed E-state index contributed by atoms with van der Waals surface area (Å²) in [4.78, 5) is 14.3. The molecule has 3 rings (SSSR count). The minimum absolute atomic E-state index is 0.0994. The summed E-state index contributed by atoms with van der Waals surface area (Å²) in [6.07, 6.45) is 0. The number of amides is 1. The Hall–Kier alpha value is -2.74. The van der Waals surface area contributed by atoms with Gasteiger partial charge in [0.15, 0.2) is 0 Å². The molecule has 0 radical (unpaired) electrons. The molecule has 0 saturated carbocycles. The molecule has 8 heteroatoms. The van der Waals surface area contributed by atoms with Gasteiger partial charge in [0.25, 0.3) is 10.0 Å². The maximum atomic E-state index is 12.9. The van der Waals surface area contributed by atoms with E-state index in [1.807, 2.05) is 13.8 Å². The molecule has 156 valence electrons. The molecule has 0 aliphatic carbocycles. The number of ether oxygens (including phenoxy) is 2. The second kappa shape index (κ2) is 7.26. The molecule has 2 aromatic carbocycles. The molecule has 0 bridgehead atoms. The van der Waals surface area contributed by atoms with Gasteiger partial charge in [-0.25, -0.2) is 8.42 Å². The van der Waals surface area contributed by atoms with E-state index in [0.29, 0.717) is 22.9 Å². The van der Waals surface area contributed by atoms with Crippen LogP contribution in [0.4, 0.5) is 11.4 Å². The molecule has 0 atom stereocenters. The monoisotopic (exact) mass is 418 g/mol. The predicted octanol–water partition coefficient (Wildman–Crippen LogP) is 3.49. The molecule has 29 heavy (non-hydrogen) atoms. The number of methoxy groups -OCH3 is 1. The van der Waals surface area contributed by atoms with E-state index in [9.17, 15) is 13.2 Å². The SMILES string of the molecule is COc1c(C)cc(S(=O)(=O)Nc2ccc3c(c2)N(C)C(=O)C(C)(C)CO3)cc1C. The van der Waals surface area contributed by atoms with Crippen LogP contribution in [0, 0.1) is 19.3 Å². The number of nitrogens with one attached hydrogen (secondary N) is 1. The molecule has 1 heterocycles. The summed E-state index contributed by atoms with van der Waals surface area (Å²) >= 11 is 0. The first kappa shape index (κ1) is 21.0. The number of hydrogen-bond acceptors (Lipinski definition) is 5. The minimum Gasteiger partial charge on any atom is -0.496 e. The number of sulfonamides is 1. The van der Waals surface area contributed by atoms with Crippen molar-refractivity contribution in [2.45, 2.75) is 32.6 Å². The average molecular weight is 419 g/mol. The first-order valence-electron chi connectivity index (χ1n) is 9.19. The second-order valence-corrected chi connectivity index (χ2v) is 9.60. The highest BCUT2D eigenvalue weighted by Gasteiger charge is 2.36. The highest BCUT2D eigenvalue weighted by molar-refractivity contribution is 7.92. The van der Waals surface area contributed by atoms with Gasteiger partial charge in [0.05, 0.1) is 28.8 Å². The zero-order valence-corrected chi connectivity index (χ0v) is 18.3. The Bertz CT molecular complexity index is 1050. The fraction of sp³-hybridized carbons (Fsp3) is 0.381. The van der Waals surface area contributed by atoms with Gasteiger partial charge in [-0.3, -0.25) is 9.52 Å². The zero-order valence-electron chi connectivity index (χ0n) is 17.5. The van der Waals surface area contributed by atoms with Crippen molar-refractivity contribution >= 4 is 27.3 Å². The maximum Gasteiger partial charge on any atom is 0.261 e. The number of hydrogen-bond donors (Lipinski definition) is 1. The Labute approximate surface area is 171 Å². The van der Waals surface area contributed by atoms with Gasteiger partial charge in [-0.05, 0) is 69.2 Å². The summed E-state index contributed by atoms with van der Waals surface area (Å²) < 4.78 is 39.5. The fourth-order valence-electron chi connectivity index (χ4n) is 3.45. The number of carbonyl (C=O) groups is 1. The third-order valence-corrected chi connectivity index (χ3v) is 6.35. The molecule has 1 N–H and O–H groups in total. The first-order chi connectivity index (χ1) is 13.5. The Morgan fingerprint density at radius 1 is 1.14 bits per heavy atom. The van der Waals surface area contributed by atoms with Crippen LogP contribution in [0.5, 0.6) is 11.5 Å². The maximum absolute atomic E-state index is 12.9. The number of nitrogens with zero attached hydrogens (tertiary/aromatic N) is 1. The van der Waals surface area contributed by atoms with Crippen LogP contribution in [0.2, 0.25) is 0 Å². The average Bonchev–Trinajstić information content (AvgIpc) is 2.72. The smallest absolute Gasteiger partial charge is 0.261 e. The number of aryl methyl sites for hydroxylation is 2. The standard InChI is InChI=1S/C21H26N2O5S/c1-13-9-16(10-14(2)19(13)27-6)29(25,26)22-15-7-8-18-17(11-15)23(5)20(24)21(3,4)12-28-18/h7-11,22H,12H2,1-6H3. The summed E-state index contributed by atoms with van der Waals surface area (Å²) in [6.45, 7) is 7.48. The van der Waals surface area contributed by atoms with E-state index in [0.717, 1.165) is 11.1 Å². The Kier molecular flexibility index (Phi) is 5.25. The van der Waals surface area contributed by atoms with Gasteiger partial charge in [0.2, 0.25) is 5.91 Å². The van der Waals surface area contributed by atoms with E-state index in [1.54, 1.807) is 58.3 Å². The molecule has 1 amide bonds. The summed E-state index contributed by atoms with van der Waals surface area (Å²) in [7, 11) is -0.610.